The van der Waals surface area contributed by atoms with E-state index in [1.165, 1.54) is 0 Å². The lowest BCUT2D eigenvalue weighted by molar-refractivity contribution is -0.125. The van der Waals surface area contributed by atoms with Crippen LogP contribution in [0.5, 0.6) is 0 Å². The molecule has 1 unspecified atom stereocenters. The summed E-state index contributed by atoms with van der Waals surface area (Å²) >= 11 is 0. The molecule has 1 aliphatic rings. The summed E-state index contributed by atoms with van der Waals surface area (Å²) in [6.07, 6.45) is -0.626. The van der Waals surface area contributed by atoms with Crippen LogP contribution >= 0.6 is 0 Å². The van der Waals surface area contributed by atoms with Gasteiger partial charge in [-0.05, 0) is 11.1 Å². The molecule has 1 aliphatic heterocycles. The Balaban J connectivity index is 2.32. The standard InChI is InChI=1S/C17H15NO5S/c19-14-11-17(16(20)18-14,24(21,22)23)15(12-7-3-1-4-8-12)13-9-5-2-6-10-13/h1-10,15H,11H2,(H,18,19,20)(H,21,22,23). The molecule has 124 valence electrons. The van der Waals surface area contributed by atoms with E-state index in [1.807, 2.05) is 5.32 Å². The highest BCUT2D eigenvalue weighted by molar-refractivity contribution is 7.88. The van der Waals surface area contributed by atoms with Crippen LogP contribution in [0.1, 0.15) is 23.5 Å². The van der Waals surface area contributed by atoms with E-state index in [9.17, 15) is 22.6 Å². The summed E-state index contributed by atoms with van der Waals surface area (Å²) in [5, 5.41) is 2.02. The Morgan fingerprint density at radius 2 is 1.38 bits per heavy atom. The van der Waals surface area contributed by atoms with Crippen LogP contribution in [0.4, 0.5) is 0 Å². The predicted octanol–water partition coefficient (Wildman–Crippen LogP) is 1.49. The normalized spacial score (nSPS) is 21.1. The largest absolute Gasteiger partial charge is 0.295 e. The number of amides is 2. The highest BCUT2D eigenvalue weighted by Gasteiger charge is 2.62. The molecule has 7 heteroatoms. The zero-order chi connectivity index (χ0) is 17.4. The molecule has 0 aliphatic carbocycles. The van der Waals surface area contributed by atoms with E-state index in [1.54, 1.807) is 60.7 Å². The van der Waals surface area contributed by atoms with E-state index >= 15 is 0 Å². The highest BCUT2D eigenvalue weighted by Crippen LogP contribution is 2.44. The number of imide groups is 1. The first-order chi connectivity index (χ1) is 11.4. The molecule has 2 amide bonds. The van der Waals surface area contributed by atoms with E-state index in [0.29, 0.717) is 11.1 Å². The second-order valence-electron chi connectivity index (χ2n) is 5.67. The zero-order valence-electron chi connectivity index (χ0n) is 12.5. The molecule has 1 heterocycles. The van der Waals surface area contributed by atoms with Crippen LogP contribution in [0.25, 0.3) is 0 Å². The average molecular weight is 345 g/mol. The van der Waals surface area contributed by atoms with Crippen LogP contribution in [-0.4, -0.2) is 29.5 Å². The van der Waals surface area contributed by atoms with Gasteiger partial charge in [0.1, 0.15) is 0 Å². The second kappa shape index (κ2) is 5.85. The van der Waals surface area contributed by atoms with Crippen molar-refractivity contribution in [1.29, 1.82) is 0 Å². The molecule has 2 aromatic rings. The maximum Gasteiger partial charge on any atom is 0.281 e. The van der Waals surface area contributed by atoms with Gasteiger partial charge in [-0.15, -0.1) is 0 Å². The minimum atomic E-state index is -4.87. The van der Waals surface area contributed by atoms with Crippen molar-refractivity contribution in [2.24, 2.45) is 0 Å². The molecule has 2 aromatic carbocycles. The van der Waals surface area contributed by atoms with Gasteiger partial charge >= 0.3 is 0 Å². The number of carbonyl (C=O) groups excluding carboxylic acids is 2. The summed E-state index contributed by atoms with van der Waals surface area (Å²) in [6.45, 7) is 0. The van der Waals surface area contributed by atoms with Gasteiger partial charge < -0.3 is 0 Å². The molecule has 1 saturated heterocycles. The van der Waals surface area contributed by atoms with Crippen LogP contribution in [0.3, 0.4) is 0 Å². The van der Waals surface area contributed by atoms with Gasteiger partial charge in [0.2, 0.25) is 5.91 Å². The number of hydrogen-bond acceptors (Lipinski definition) is 4. The van der Waals surface area contributed by atoms with Crippen molar-refractivity contribution in [3.8, 4) is 0 Å². The molecule has 2 N–H and O–H groups in total. The molecule has 0 spiro atoms. The Hall–Kier alpha value is -2.51. The summed E-state index contributed by atoms with van der Waals surface area (Å²) in [5.41, 5.74) is 1.04. The monoisotopic (exact) mass is 345 g/mol. The lowest BCUT2D eigenvalue weighted by Crippen LogP contribution is -2.50. The summed E-state index contributed by atoms with van der Waals surface area (Å²) in [6, 6.07) is 17.0. The molecule has 1 atom stereocenters. The second-order valence-corrected chi connectivity index (χ2v) is 7.35. The van der Waals surface area contributed by atoms with Crippen molar-refractivity contribution in [3.63, 3.8) is 0 Å². The third-order valence-electron chi connectivity index (χ3n) is 4.25. The summed E-state index contributed by atoms with van der Waals surface area (Å²) in [7, 11) is -4.87. The van der Waals surface area contributed by atoms with Crippen molar-refractivity contribution in [2.75, 3.05) is 0 Å². The van der Waals surface area contributed by atoms with Crippen LogP contribution in [0, 0.1) is 0 Å². The van der Waals surface area contributed by atoms with E-state index in [-0.39, 0.29) is 0 Å². The molecule has 0 bridgehead atoms. The molecule has 3 rings (SSSR count). The molecule has 6 nitrogen and oxygen atoms in total. The summed E-state index contributed by atoms with van der Waals surface area (Å²) in [4.78, 5) is 24.2. The number of rotatable bonds is 4. The zero-order valence-corrected chi connectivity index (χ0v) is 13.4. The third kappa shape index (κ3) is 2.51. The Bertz CT molecular complexity index is 840. The topological polar surface area (TPSA) is 101 Å². The Kier molecular flexibility index (Phi) is 3.98. The fourth-order valence-corrected chi connectivity index (χ4v) is 4.38. The predicted molar refractivity (Wildman–Crippen MR) is 86.8 cm³/mol. The van der Waals surface area contributed by atoms with Gasteiger partial charge in [-0.25, -0.2) is 0 Å². The van der Waals surface area contributed by atoms with Gasteiger partial charge in [0, 0.05) is 5.92 Å². The van der Waals surface area contributed by atoms with Crippen LogP contribution < -0.4 is 5.32 Å². The molecule has 0 radical (unpaired) electrons. The lowest BCUT2D eigenvalue weighted by Gasteiger charge is -2.32. The number of benzene rings is 2. The first-order valence-electron chi connectivity index (χ1n) is 7.27. The third-order valence-corrected chi connectivity index (χ3v) is 5.74. The van der Waals surface area contributed by atoms with Gasteiger partial charge in [-0.3, -0.25) is 19.5 Å². The lowest BCUT2D eigenvalue weighted by atomic mass is 9.79. The maximum absolute atomic E-state index is 12.5. The summed E-state index contributed by atoms with van der Waals surface area (Å²) in [5.74, 6) is -2.75. The fraction of sp³-hybridized carbons (Fsp3) is 0.176. The van der Waals surface area contributed by atoms with Crippen LogP contribution in [0.15, 0.2) is 60.7 Å². The smallest absolute Gasteiger partial charge is 0.281 e. The Morgan fingerprint density at radius 3 is 1.71 bits per heavy atom. The van der Waals surface area contributed by atoms with Crippen molar-refractivity contribution in [3.05, 3.63) is 71.8 Å². The van der Waals surface area contributed by atoms with Crippen molar-refractivity contribution >= 4 is 21.9 Å². The quantitative estimate of drug-likeness (QED) is 0.646. The van der Waals surface area contributed by atoms with Gasteiger partial charge in [0.25, 0.3) is 16.0 Å². The Labute approximate surface area is 139 Å². The van der Waals surface area contributed by atoms with Gasteiger partial charge in [0.05, 0.1) is 6.42 Å². The number of nitrogens with one attached hydrogen (secondary N) is 1. The number of carbonyl (C=O) groups is 2. The van der Waals surface area contributed by atoms with E-state index in [0.717, 1.165) is 0 Å². The molecule has 0 saturated carbocycles. The molecule has 1 fully saturated rings. The first-order valence-corrected chi connectivity index (χ1v) is 8.71. The molecular formula is C17H15NO5S. The molecule has 0 aromatic heterocycles. The average Bonchev–Trinajstić information content (AvgIpc) is 2.85. The number of hydrogen-bond donors (Lipinski definition) is 2. The Morgan fingerprint density at radius 1 is 0.917 bits per heavy atom. The van der Waals surface area contributed by atoms with Gasteiger partial charge in [-0.2, -0.15) is 8.42 Å². The molecular weight excluding hydrogens is 330 g/mol. The van der Waals surface area contributed by atoms with Gasteiger partial charge in [0.15, 0.2) is 4.75 Å². The SMILES string of the molecule is O=C1CC(C(c2ccccc2)c2ccccc2)(S(=O)(=O)O)C(=O)N1. The van der Waals surface area contributed by atoms with Crippen molar-refractivity contribution < 1.29 is 22.6 Å². The van der Waals surface area contributed by atoms with Crippen molar-refractivity contribution in [1.82, 2.24) is 5.32 Å². The van der Waals surface area contributed by atoms with E-state index in [4.69, 9.17) is 0 Å². The minimum absolute atomic E-state index is 0.520. The maximum atomic E-state index is 12.5. The van der Waals surface area contributed by atoms with E-state index in [2.05, 4.69) is 0 Å². The minimum Gasteiger partial charge on any atom is -0.295 e. The van der Waals surface area contributed by atoms with Crippen molar-refractivity contribution in [2.45, 2.75) is 17.1 Å². The molecule has 24 heavy (non-hydrogen) atoms. The summed E-state index contributed by atoms with van der Waals surface area (Å²) < 4.78 is 32.1. The van der Waals surface area contributed by atoms with Gasteiger partial charge in [-0.1, -0.05) is 60.7 Å². The van der Waals surface area contributed by atoms with Crippen LogP contribution in [0.2, 0.25) is 0 Å². The first kappa shape index (κ1) is 16.4. The highest BCUT2D eigenvalue weighted by atomic mass is 32.2. The van der Waals surface area contributed by atoms with Crippen LogP contribution in [-0.2, 0) is 19.7 Å². The van der Waals surface area contributed by atoms with E-state index < -0.39 is 39.0 Å². The fourth-order valence-electron chi connectivity index (χ4n) is 3.21.